The van der Waals surface area contributed by atoms with Crippen LogP contribution in [0.2, 0.25) is 0 Å². The molecule has 2 atom stereocenters. The molecule has 1 aromatic heterocycles. The number of aromatic nitrogens is 2. The summed E-state index contributed by atoms with van der Waals surface area (Å²) >= 11 is 0. The van der Waals surface area contributed by atoms with Crippen LogP contribution in [0.1, 0.15) is 55.9 Å². The Morgan fingerprint density at radius 2 is 1.87 bits per heavy atom. The number of nitrogens with zero attached hydrogens (tertiary/aromatic N) is 3. The van der Waals surface area contributed by atoms with Gasteiger partial charge in [0.15, 0.2) is 9.92 Å². The maximum absolute atomic E-state index is 13.4. The van der Waals surface area contributed by atoms with Crippen LogP contribution in [0.4, 0.5) is 15.3 Å². The third-order valence-corrected chi connectivity index (χ3v) is 8.51. The number of ether oxygens (including phenoxy) is 2. The summed E-state index contributed by atoms with van der Waals surface area (Å²) in [5.74, 6) is 0.121. The molecule has 2 aromatic rings. The first kappa shape index (κ1) is 26.3. The van der Waals surface area contributed by atoms with Crippen LogP contribution in [0.25, 0.3) is 0 Å². The lowest BCUT2D eigenvalue weighted by molar-refractivity contribution is 0.0232. The van der Waals surface area contributed by atoms with Crippen molar-refractivity contribution >= 4 is 27.7 Å². The quantitative estimate of drug-likeness (QED) is 0.522. The van der Waals surface area contributed by atoms with Crippen LogP contribution in [0.3, 0.4) is 0 Å². The van der Waals surface area contributed by atoms with Gasteiger partial charge in [-0.1, -0.05) is 6.07 Å². The van der Waals surface area contributed by atoms with E-state index in [0.29, 0.717) is 13.1 Å². The van der Waals surface area contributed by atoms with Crippen molar-refractivity contribution in [2.45, 2.75) is 76.3 Å². The van der Waals surface area contributed by atoms with Crippen molar-refractivity contribution in [3.8, 4) is 5.88 Å². The predicted octanol–water partition coefficient (Wildman–Crippen LogP) is 3.88. The van der Waals surface area contributed by atoms with Crippen molar-refractivity contribution < 1.29 is 23.3 Å². The predicted molar refractivity (Wildman–Crippen MR) is 142 cm³/mol. The molecule has 38 heavy (non-hydrogen) atoms. The number of amides is 3. The molecule has 206 valence electrons. The van der Waals surface area contributed by atoms with E-state index in [2.05, 4.69) is 21.2 Å². The summed E-state index contributed by atoms with van der Waals surface area (Å²) in [6.07, 6.45) is 6.81. The fraction of sp³-hybridized carbons (Fsp3) is 0.577. The highest BCUT2D eigenvalue weighted by Gasteiger charge is 2.32. The number of fused-ring (bicyclic) bond motifs is 3. The zero-order valence-electron chi connectivity index (χ0n) is 22.4. The molecule has 2 heterocycles. The first-order chi connectivity index (χ1) is 17.9. The Kier molecular flexibility index (Phi) is 6.79. The van der Waals surface area contributed by atoms with E-state index in [-0.39, 0.29) is 23.3 Å². The molecule has 1 aromatic carbocycles. The number of hydrogen-bond acceptors (Lipinski definition) is 7. The second kappa shape index (κ2) is 9.79. The number of aryl methyl sites for hydroxylation is 2. The first-order valence-corrected chi connectivity index (χ1v) is 14.6. The van der Waals surface area contributed by atoms with Crippen LogP contribution < -0.4 is 14.8 Å². The molecule has 0 spiro atoms. The summed E-state index contributed by atoms with van der Waals surface area (Å²) < 4.78 is 37.0. The normalized spacial score (nSPS) is 19.4. The Morgan fingerprint density at radius 1 is 1.21 bits per heavy atom. The van der Waals surface area contributed by atoms with Crippen molar-refractivity contribution in [3.63, 3.8) is 0 Å². The largest absolute Gasteiger partial charge is 0.476 e. The van der Waals surface area contributed by atoms with Gasteiger partial charge in [0, 0.05) is 25.2 Å². The molecule has 12 heteroatoms. The molecule has 5 rings (SSSR count). The standard InChI is InChI=1S/C26H36N6O5S/c1-26(2,3)37-25(34)31(4)13-16-14-32-23(36-15-16)21(12-28-32)38(27,35)30-24(33)29-22-19-9-5-7-17(19)11-18-8-6-10-20(18)22/h11-12,16H,5-10,13-15H2,1-4H3,(H3,27,29,30,33,35)/t16?,38-/m1/s1. The van der Waals surface area contributed by atoms with E-state index in [1.54, 1.807) is 7.05 Å². The summed E-state index contributed by atoms with van der Waals surface area (Å²) in [6, 6.07) is 1.60. The van der Waals surface area contributed by atoms with E-state index < -0.39 is 27.6 Å². The average Bonchev–Trinajstić information content (AvgIpc) is 3.56. The molecule has 11 nitrogen and oxygen atoms in total. The summed E-state index contributed by atoms with van der Waals surface area (Å²) in [6.45, 7) is 6.47. The van der Waals surface area contributed by atoms with E-state index in [4.69, 9.17) is 14.3 Å². The molecule has 1 unspecified atom stereocenters. The Hall–Kier alpha value is -3.28. The van der Waals surface area contributed by atoms with E-state index in [0.717, 1.165) is 55.3 Å². The third kappa shape index (κ3) is 5.31. The molecular weight excluding hydrogens is 508 g/mol. The van der Waals surface area contributed by atoms with E-state index in [1.165, 1.54) is 26.9 Å². The zero-order chi connectivity index (χ0) is 27.2. The average molecular weight is 545 g/mol. The number of urea groups is 1. The van der Waals surface area contributed by atoms with Crippen LogP contribution in [0, 0.1) is 10.7 Å². The fourth-order valence-corrected chi connectivity index (χ4v) is 6.56. The van der Waals surface area contributed by atoms with Gasteiger partial charge < -0.3 is 19.7 Å². The Labute approximate surface area is 223 Å². The molecule has 1 aliphatic heterocycles. The molecule has 0 saturated heterocycles. The number of hydrogen-bond donors (Lipinski definition) is 3. The minimum atomic E-state index is -3.74. The van der Waals surface area contributed by atoms with Crippen molar-refractivity contribution in [1.29, 1.82) is 4.78 Å². The topological polar surface area (TPSA) is 139 Å². The summed E-state index contributed by atoms with van der Waals surface area (Å²) in [4.78, 5) is 26.8. The SMILES string of the molecule is CN(CC1COc2c([S@](=N)(=O)NC(=O)Nc3c4c(cc5c3CCC5)CCC4)cnn2C1)C(=O)OC(C)(C)C. The molecule has 2 aliphatic carbocycles. The molecule has 3 N–H and O–H groups in total. The molecule has 0 fully saturated rings. The molecular formula is C26H36N6O5S. The van der Waals surface area contributed by atoms with Crippen molar-refractivity contribution in [2.75, 3.05) is 25.5 Å². The zero-order valence-corrected chi connectivity index (χ0v) is 23.2. The highest BCUT2D eigenvalue weighted by molar-refractivity contribution is 7.91. The number of carbonyl (C=O) groups excluding carboxylic acids is 2. The molecule has 0 radical (unpaired) electrons. The lowest BCUT2D eigenvalue weighted by Gasteiger charge is -2.30. The molecule has 0 saturated carbocycles. The van der Waals surface area contributed by atoms with E-state index in [1.807, 2.05) is 20.8 Å². The van der Waals surface area contributed by atoms with Crippen LogP contribution in [-0.2, 0) is 46.9 Å². The van der Waals surface area contributed by atoms with Gasteiger partial charge in [-0.05, 0) is 81.5 Å². The van der Waals surface area contributed by atoms with Crippen LogP contribution in [-0.4, -0.2) is 56.8 Å². The lowest BCUT2D eigenvalue weighted by Crippen LogP contribution is -2.41. The van der Waals surface area contributed by atoms with Gasteiger partial charge in [0.2, 0.25) is 5.88 Å². The van der Waals surface area contributed by atoms with Gasteiger partial charge in [0.05, 0.1) is 19.3 Å². The van der Waals surface area contributed by atoms with Gasteiger partial charge >= 0.3 is 12.1 Å². The summed E-state index contributed by atoms with van der Waals surface area (Å²) in [5.41, 5.74) is 5.10. The first-order valence-electron chi connectivity index (χ1n) is 13.1. The lowest BCUT2D eigenvalue weighted by atomic mass is 9.99. The molecule has 3 aliphatic rings. The maximum Gasteiger partial charge on any atom is 0.410 e. The van der Waals surface area contributed by atoms with E-state index >= 15 is 0 Å². The highest BCUT2D eigenvalue weighted by atomic mass is 32.2. The minimum Gasteiger partial charge on any atom is -0.476 e. The molecule has 0 bridgehead atoms. The Balaban J connectivity index is 1.25. The Bertz CT molecular complexity index is 1350. The minimum absolute atomic E-state index is 0.0233. The van der Waals surface area contributed by atoms with Crippen LogP contribution >= 0.6 is 0 Å². The van der Waals surface area contributed by atoms with Crippen LogP contribution in [0.15, 0.2) is 17.2 Å². The highest BCUT2D eigenvalue weighted by Crippen LogP contribution is 2.38. The van der Waals surface area contributed by atoms with E-state index in [9.17, 15) is 13.8 Å². The smallest absolute Gasteiger partial charge is 0.410 e. The maximum atomic E-state index is 13.4. The van der Waals surface area contributed by atoms with Gasteiger partial charge in [-0.3, -0.25) is 0 Å². The third-order valence-electron chi connectivity index (χ3n) is 7.14. The number of rotatable bonds is 5. The number of anilines is 1. The van der Waals surface area contributed by atoms with Crippen molar-refractivity contribution in [2.24, 2.45) is 5.92 Å². The van der Waals surface area contributed by atoms with Crippen LogP contribution in [0.5, 0.6) is 5.88 Å². The Morgan fingerprint density at radius 3 is 2.50 bits per heavy atom. The van der Waals surface area contributed by atoms with Gasteiger partial charge in [-0.15, -0.1) is 0 Å². The van der Waals surface area contributed by atoms with Gasteiger partial charge in [0.1, 0.15) is 10.5 Å². The van der Waals surface area contributed by atoms with Crippen molar-refractivity contribution in [1.82, 2.24) is 19.4 Å². The van der Waals surface area contributed by atoms with Gasteiger partial charge in [-0.25, -0.2) is 28.0 Å². The van der Waals surface area contributed by atoms with Gasteiger partial charge in [0.25, 0.3) is 0 Å². The molecule has 3 amide bonds. The monoisotopic (exact) mass is 544 g/mol. The fourth-order valence-electron chi connectivity index (χ4n) is 5.53. The van der Waals surface area contributed by atoms with Gasteiger partial charge in [-0.2, -0.15) is 5.10 Å². The number of nitrogens with one attached hydrogen (secondary N) is 3. The number of benzene rings is 1. The second-order valence-corrected chi connectivity index (χ2v) is 13.1. The summed E-state index contributed by atoms with van der Waals surface area (Å²) in [7, 11) is -2.07. The second-order valence-electron chi connectivity index (χ2n) is 11.4. The van der Waals surface area contributed by atoms with Crippen molar-refractivity contribution in [3.05, 3.63) is 34.5 Å². The summed E-state index contributed by atoms with van der Waals surface area (Å²) in [5, 5.41) is 7.19. The number of carbonyl (C=O) groups is 2.